The summed E-state index contributed by atoms with van der Waals surface area (Å²) in [5.41, 5.74) is 0.461. The van der Waals surface area contributed by atoms with E-state index in [4.69, 9.17) is 16.3 Å². The van der Waals surface area contributed by atoms with E-state index in [2.05, 4.69) is 10.1 Å². The molecule has 1 aromatic carbocycles. The fourth-order valence-corrected chi connectivity index (χ4v) is 2.62. The van der Waals surface area contributed by atoms with Crippen LogP contribution in [0.3, 0.4) is 0 Å². The summed E-state index contributed by atoms with van der Waals surface area (Å²) in [6.45, 7) is 0. The van der Waals surface area contributed by atoms with E-state index in [1.807, 2.05) is 0 Å². The molecule has 0 bridgehead atoms. The molecular weight excluding hydrogens is 314 g/mol. The van der Waals surface area contributed by atoms with Gasteiger partial charge in [-0.05, 0) is 30.3 Å². The highest BCUT2D eigenvalue weighted by molar-refractivity contribution is 7.16. The minimum atomic E-state index is -0.473. The zero-order valence-corrected chi connectivity index (χ0v) is 12.9. The number of amides is 1. The Balaban J connectivity index is 2.20. The van der Waals surface area contributed by atoms with Crippen molar-refractivity contribution in [2.24, 2.45) is 0 Å². The van der Waals surface area contributed by atoms with Gasteiger partial charge in [0.05, 0.1) is 24.8 Å². The van der Waals surface area contributed by atoms with Crippen LogP contribution in [-0.4, -0.2) is 26.1 Å². The maximum absolute atomic E-state index is 12.2. The van der Waals surface area contributed by atoms with Gasteiger partial charge < -0.3 is 14.8 Å². The Bertz CT molecular complexity index is 683. The number of nitrogens with one attached hydrogen (secondary N) is 1. The Kier molecular flexibility index (Phi) is 4.82. The SMILES string of the molecule is COC(=O)c1ccc(C(=O)Nc2cc(Cl)ccc2OC)s1. The number of esters is 1. The maximum Gasteiger partial charge on any atom is 0.348 e. The van der Waals surface area contributed by atoms with Gasteiger partial charge in [0.2, 0.25) is 0 Å². The molecule has 2 rings (SSSR count). The van der Waals surface area contributed by atoms with Crippen molar-refractivity contribution in [2.75, 3.05) is 19.5 Å². The predicted octanol–water partition coefficient (Wildman–Crippen LogP) is 3.45. The zero-order chi connectivity index (χ0) is 15.4. The van der Waals surface area contributed by atoms with Gasteiger partial charge in [0, 0.05) is 5.02 Å². The largest absolute Gasteiger partial charge is 0.495 e. The standard InChI is InChI=1S/C14H12ClNO4S/c1-19-10-4-3-8(15)7-9(10)16-13(17)11-5-6-12(21-11)14(18)20-2/h3-7H,1-2H3,(H,16,17). The van der Waals surface area contributed by atoms with E-state index in [1.165, 1.54) is 14.2 Å². The molecule has 0 saturated heterocycles. The first kappa shape index (κ1) is 15.3. The molecule has 0 aliphatic carbocycles. The number of carbonyl (C=O) groups is 2. The number of methoxy groups -OCH3 is 2. The maximum atomic E-state index is 12.2. The monoisotopic (exact) mass is 325 g/mol. The molecule has 1 N–H and O–H groups in total. The molecule has 0 aliphatic rings. The summed E-state index contributed by atoms with van der Waals surface area (Å²) < 4.78 is 9.76. The number of benzene rings is 1. The average Bonchev–Trinajstić information content (AvgIpc) is 2.96. The van der Waals surface area contributed by atoms with Crippen molar-refractivity contribution in [1.29, 1.82) is 0 Å². The van der Waals surface area contributed by atoms with Crippen LogP contribution in [0.4, 0.5) is 5.69 Å². The minimum Gasteiger partial charge on any atom is -0.495 e. The van der Waals surface area contributed by atoms with Crippen LogP contribution in [0.15, 0.2) is 30.3 Å². The van der Waals surface area contributed by atoms with Crippen molar-refractivity contribution < 1.29 is 19.1 Å². The molecule has 21 heavy (non-hydrogen) atoms. The van der Waals surface area contributed by atoms with Crippen LogP contribution >= 0.6 is 22.9 Å². The van der Waals surface area contributed by atoms with Gasteiger partial charge in [-0.15, -0.1) is 11.3 Å². The minimum absolute atomic E-state index is 0.351. The van der Waals surface area contributed by atoms with E-state index in [0.717, 1.165) is 11.3 Å². The Morgan fingerprint density at radius 3 is 2.52 bits per heavy atom. The first-order valence-corrected chi connectivity index (χ1v) is 7.07. The van der Waals surface area contributed by atoms with Crippen LogP contribution in [0.25, 0.3) is 0 Å². The van der Waals surface area contributed by atoms with Crippen LogP contribution in [0.5, 0.6) is 5.75 Å². The summed E-state index contributed by atoms with van der Waals surface area (Å²) in [4.78, 5) is 24.3. The lowest BCUT2D eigenvalue weighted by atomic mass is 10.3. The van der Waals surface area contributed by atoms with E-state index in [-0.39, 0.29) is 5.91 Å². The van der Waals surface area contributed by atoms with Crippen LogP contribution in [-0.2, 0) is 4.74 Å². The predicted molar refractivity (Wildman–Crippen MR) is 81.6 cm³/mol. The lowest BCUT2D eigenvalue weighted by Crippen LogP contribution is -2.11. The normalized spacial score (nSPS) is 10.0. The fraction of sp³-hybridized carbons (Fsp3) is 0.143. The Labute approximate surface area is 130 Å². The highest BCUT2D eigenvalue weighted by atomic mass is 35.5. The topological polar surface area (TPSA) is 64.6 Å². The molecule has 1 heterocycles. The summed E-state index contributed by atoms with van der Waals surface area (Å²) in [6.07, 6.45) is 0. The number of rotatable bonds is 4. The molecule has 2 aromatic rings. The highest BCUT2D eigenvalue weighted by Gasteiger charge is 2.15. The summed E-state index contributed by atoms with van der Waals surface area (Å²) in [5, 5.41) is 3.18. The number of anilines is 1. The molecule has 7 heteroatoms. The van der Waals surface area contributed by atoms with E-state index >= 15 is 0 Å². The second-order valence-electron chi connectivity index (χ2n) is 3.95. The summed E-state index contributed by atoms with van der Waals surface area (Å²) >= 11 is 6.95. The van der Waals surface area contributed by atoms with Gasteiger partial charge in [-0.2, -0.15) is 0 Å². The third kappa shape index (κ3) is 3.53. The molecule has 0 fully saturated rings. The van der Waals surface area contributed by atoms with Gasteiger partial charge in [-0.3, -0.25) is 4.79 Å². The third-order valence-electron chi connectivity index (χ3n) is 2.63. The molecule has 0 saturated carbocycles. The van der Waals surface area contributed by atoms with Gasteiger partial charge >= 0.3 is 5.97 Å². The lowest BCUT2D eigenvalue weighted by Gasteiger charge is -2.09. The van der Waals surface area contributed by atoms with Crippen LogP contribution in [0, 0.1) is 0 Å². The molecular formula is C14H12ClNO4S. The number of hydrogen-bond donors (Lipinski definition) is 1. The fourth-order valence-electron chi connectivity index (χ4n) is 1.63. The second-order valence-corrected chi connectivity index (χ2v) is 5.47. The van der Waals surface area contributed by atoms with Crippen molar-refractivity contribution in [3.8, 4) is 5.75 Å². The van der Waals surface area contributed by atoms with E-state index < -0.39 is 5.97 Å². The number of thiophene rings is 1. The molecule has 0 atom stereocenters. The highest BCUT2D eigenvalue weighted by Crippen LogP contribution is 2.28. The zero-order valence-electron chi connectivity index (χ0n) is 11.3. The molecule has 5 nitrogen and oxygen atoms in total. The van der Waals surface area contributed by atoms with E-state index in [9.17, 15) is 9.59 Å². The third-order valence-corrected chi connectivity index (χ3v) is 3.93. The van der Waals surface area contributed by atoms with Crippen LogP contribution in [0.1, 0.15) is 19.3 Å². The second kappa shape index (κ2) is 6.60. The van der Waals surface area contributed by atoms with Gasteiger partial charge in [0.25, 0.3) is 5.91 Å². The van der Waals surface area contributed by atoms with Crippen LogP contribution < -0.4 is 10.1 Å². The van der Waals surface area contributed by atoms with Crippen LogP contribution in [0.2, 0.25) is 5.02 Å². The Morgan fingerprint density at radius 2 is 1.86 bits per heavy atom. The van der Waals surface area contributed by atoms with Gasteiger partial charge in [0.1, 0.15) is 10.6 Å². The first-order chi connectivity index (χ1) is 10.0. The summed E-state index contributed by atoms with van der Waals surface area (Å²) in [6, 6.07) is 8.01. The summed E-state index contributed by atoms with van der Waals surface area (Å²) in [5.74, 6) is -0.326. The van der Waals surface area contributed by atoms with E-state index in [1.54, 1.807) is 30.3 Å². The van der Waals surface area contributed by atoms with Crippen molar-refractivity contribution in [3.63, 3.8) is 0 Å². The van der Waals surface area contributed by atoms with Crippen molar-refractivity contribution in [2.45, 2.75) is 0 Å². The van der Waals surface area contributed by atoms with Gasteiger partial charge in [0.15, 0.2) is 0 Å². The van der Waals surface area contributed by atoms with Gasteiger partial charge in [-0.1, -0.05) is 11.6 Å². The molecule has 110 valence electrons. The Morgan fingerprint density at radius 1 is 1.14 bits per heavy atom. The molecule has 0 aliphatic heterocycles. The van der Waals surface area contributed by atoms with Gasteiger partial charge in [-0.25, -0.2) is 4.79 Å². The molecule has 0 spiro atoms. The van der Waals surface area contributed by atoms with Crippen molar-refractivity contribution >= 4 is 40.5 Å². The van der Waals surface area contributed by atoms with E-state index in [0.29, 0.717) is 26.2 Å². The lowest BCUT2D eigenvalue weighted by molar-refractivity contribution is 0.0606. The molecule has 0 unspecified atom stereocenters. The summed E-state index contributed by atoms with van der Waals surface area (Å²) in [7, 11) is 2.79. The molecule has 0 radical (unpaired) electrons. The number of ether oxygens (including phenoxy) is 2. The Hall–Kier alpha value is -2.05. The molecule has 1 aromatic heterocycles. The first-order valence-electron chi connectivity index (χ1n) is 5.88. The van der Waals surface area contributed by atoms with Crippen molar-refractivity contribution in [3.05, 3.63) is 45.1 Å². The number of halogens is 1. The number of hydrogen-bond acceptors (Lipinski definition) is 5. The number of carbonyl (C=O) groups excluding carboxylic acids is 2. The van der Waals surface area contributed by atoms with Crippen molar-refractivity contribution in [1.82, 2.24) is 0 Å². The quantitative estimate of drug-likeness (QED) is 0.874. The average molecular weight is 326 g/mol. The smallest absolute Gasteiger partial charge is 0.348 e. The molecule has 1 amide bonds.